The number of methoxy groups -OCH3 is 4. The molecule has 0 atom stereocenters. The van der Waals surface area contributed by atoms with Gasteiger partial charge in [0.1, 0.15) is 0 Å². The second-order valence-electron chi connectivity index (χ2n) is 15.3. The van der Waals surface area contributed by atoms with Gasteiger partial charge in [0.05, 0.1) is 90.2 Å². The first-order chi connectivity index (χ1) is 32.0. The van der Waals surface area contributed by atoms with E-state index in [0.29, 0.717) is 84.0 Å². The van der Waals surface area contributed by atoms with Gasteiger partial charge in [0.2, 0.25) is 0 Å². The first kappa shape index (κ1) is 45.2. The maximum absolute atomic E-state index is 12.6. The van der Waals surface area contributed by atoms with Gasteiger partial charge in [0.25, 0.3) is 0 Å². The quantitative estimate of drug-likeness (QED) is 0.0869. The molecular weight excluding hydrogens is 893 g/mol. The number of carbonyl (C=O) groups excluding carboxylic acids is 4. The molecule has 7 aromatic rings. The molecule has 0 unspecified atom stereocenters. The van der Waals surface area contributed by atoms with E-state index in [4.69, 9.17) is 39.6 Å². The van der Waals surface area contributed by atoms with Gasteiger partial charge in [0.15, 0.2) is 0 Å². The minimum Gasteiger partial charge on any atom is -0.657 e. The molecule has 67 heavy (non-hydrogen) atoms. The summed E-state index contributed by atoms with van der Waals surface area (Å²) in [5, 5.41) is 0. The van der Waals surface area contributed by atoms with Crippen LogP contribution in [0.25, 0.3) is 90.5 Å². The third-order valence-electron chi connectivity index (χ3n) is 11.6. The van der Waals surface area contributed by atoms with Crippen LogP contribution in [0.3, 0.4) is 0 Å². The van der Waals surface area contributed by atoms with Crippen molar-refractivity contribution in [2.45, 2.75) is 0 Å². The monoisotopic (exact) mass is 932 g/mol. The molecule has 2 N–H and O–H groups in total. The Balaban J connectivity index is 0.00000608. The normalized spacial score (nSPS) is 11.6. The van der Waals surface area contributed by atoms with Gasteiger partial charge < -0.3 is 34.2 Å². The Hall–Kier alpha value is -8.35. The van der Waals surface area contributed by atoms with Crippen LogP contribution in [0.2, 0.25) is 0 Å². The molecule has 13 nitrogen and oxygen atoms in total. The molecule has 2 aliphatic heterocycles. The summed E-state index contributed by atoms with van der Waals surface area (Å²) in [7, 11) is 7.29. The van der Waals surface area contributed by atoms with Crippen molar-refractivity contribution in [1.82, 2.24) is 19.5 Å². The van der Waals surface area contributed by atoms with Crippen molar-refractivity contribution < 1.29 is 54.6 Å². The van der Waals surface area contributed by atoms with E-state index in [2.05, 4.69) is 0 Å². The minimum absolute atomic E-state index is 0. The summed E-state index contributed by atoms with van der Waals surface area (Å²) in [5.74, 6) is -1.89. The predicted molar refractivity (Wildman–Crippen MR) is 253 cm³/mol. The van der Waals surface area contributed by atoms with Crippen LogP contribution in [0.4, 0.5) is 0 Å². The van der Waals surface area contributed by atoms with Gasteiger partial charge in [-0.15, -0.1) is 11.0 Å². The number of aromatic nitrogens is 4. The molecule has 0 saturated carbocycles. The Morgan fingerprint density at radius 2 is 0.806 bits per heavy atom. The van der Waals surface area contributed by atoms with Gasteiger partial charge in [-0.05, 0) is 112 Å². The number of benzene rings is 4. The summed E-state index contributed by atoms with van der Waals surface area (Å²) in [6.45, 7) is 0. The van der Waals surface area contributed by atoms with Crippen molar-refractivity contribution in [1.29, 1.82) is 0 Å². The van der Waals surface area contributed by atoms with Gasteiger partial charge in [0, 0.05) is 34.7 Å². The van der Waals surface area contributed by atoms with E-state index in [9.17, 15) is 19.2 Å². The molecule has 4 aromatic carbocycles. The van der Waals surface area contributed by atoms with Crippen molar-refractivity contribution in [3.63, 3.8) is 0 Å². The average Bonchev–Trinajstić information content (AvgIpc) is 4.18. The standard InChI is InChI=1S/C53H41N5O8.Ni/c1-58-43-26-27-44(58)47(31-10-18-35(19-11-31)52(61)65-4)42-28-37(54)49(57-42)48(32-12-20-36(21-13-32)53(62)66-5)41-25-23-39(56-41)45(29-6-14-33(15-7-29)50(59)63-2)38-22-24-40(55-38)46(43)30-8-16-34(17-9-30)51(60)64-3;/h6-28H,1-5H3,(H3,54,55,56,57,59,60,61,62);/p-1. The topological polar surface area (TPSA) is 176 Å². The second-order valence-corrected chi connectivity index (χ2v) is 15.3. The number of aryl methyl sites for hydroxylation is 1. The number of nitrogens with zero attached hydrogens (tertiary/aromatic N) is 4. The number of ether oxygens (including phenoxy) is 4. The molecule has 8 bridgehead atoms. The first-order valence-electron chi connectivity index (χ1n) is 20.6. The summed E-state index contributed by atoms with van der Waals surface area (Å²) >= 11 is 0. The molecule has 0 amide bonds. The van der Waals surface area contributed by atoms with E-state index < -0.39 is 23.9 Å². The third-order valence-corrected chi connectivity index (χ3v) is 11.6. The van der Waals surface area contributed by atoms with E-state index >= 15 is 0 Å². The van der Waals surface area contributed by atoms with Crippen LogP contribution in [0.1, 0.15) is 64.2 Å². The fraction of sp³-hybridized carbons (Fsp3) is 0.0943. The summed E-state index contributed by atoms with van der Waals surface area (Å²) in [4.78, 5) is 66.1. The summed E-state index contributed by atoms with van der Waals surface area (Å²) in [6.07, 6.45) is 5.69. The fourth-order valence-corrected chi connectivity index (χ4v) is 8.31. The van der Waals surface area contributed by atoms with Gasteiger partial charge >= 0.3 is 23.9 Å². The number of hydrogen-bond acceptors (Lipinski definition) is 11. The van der Waals surface area contributed by atoms with Gasteiger partial charge in [-0.25, -0.2) is 29.1 Å². The second kappa shape index (κ2) is 18.6. The zero-order valence-electron chi connectivity index (χ0n) is 36.7. The largest absolute Gasteiger partial charge is 0.657 e. The molecule has 0 aliphatic carbocycles. The molecule has 3 aromatic heterocycles. The van der Waals surface area contributed by atoms with Crippen LogP contribution in [-0.4, -0.2) is 66.9 Å². The number of nitrogens with two attached hydrogens (primary N) is 1. The van der Waals surface area contributed by atoms with Gasteiger partial charge in [-0.3, -0.25) is 0 Å². The van der Waals surface area contributed by atoms with Crippen molar-refractivity contribution in [2.75, 3.05) is 28.4 Å². The maximum atomic E-state index is 12.6. The molecule has 9 rings (SSSR count). The van der Waals surface area contributed by atoms with Crippen molar-refractivity contribution in [3.05, 3.63) is 166 Å². The number of carbonyl (C=O) groups is 4. The molecule has 0 radical (unpaired) electrons. The zero-order valence-corrected chi connectivity index (χ0v) is 37.7. The molecule has 336 valence electrons. The fourth-order valence-electron chi connectivity index (χ4n) is 8.31. The Kier molecular flexibility index (Phi) is 12.6. The van der Waals surface area contributed by atoms with Crippen LogP contribution in [0.15, 0.2) is 121 Å². The van der Waals surface area contributed by atoms with Crippen molar-refractivity contribution >= 4 is 69.9 Å². The van der Waals surface area contributed by atoms with Crippen LogP contribution < -0.4 is 10.7 Å². The maximum Gasteiger partial charge on any atom is 0.337 e. The van der Waals surface area contributed by atoms with Crippen LogP contribution in [0.5, 0.6) is 0 Å². The molecule has 5 heterocycles. The summed E-state index contributed by atoms with van der Waals surface area (Å²) in [6, 6.07) is 36.0. The number of esters is 4. The van der Waals surface area contributed by atoms with E-state index in [1.54, 1.807) is 60.7 Å². The van der Waals surface area contributed by atoms with E-state index in [1.165, 1.54) is 28.4 Å². The molecule has 14 heteroatoms. The summed E-state index contributed by atoms with van der Waals surface area (Å²) < 4.78 is 22.0. The number of hydrogen-bond donors (Lipinski definition) is 1. The SMILES string of the molecule is COC(=O)c1ccc(-c2c3nc(c(-c4ccc(C(=O)OC)cc4)c4ccc(c(-c5ccc(C(=O)OC)cc5)c5nc(c(-c6ccc(C(=O)OC)cc6)c6ccc2[n-]6)C(N)=C5)n4C)C=C3)cc1.[Ni]. The average molecular weight is 934 g/mol. The molecule has 0 fully saturated rings. The Morgan fingerprint density at radius 3 is 1.21 bits per heavy atom. The van der Waals surface area contributed by atoms with E-state index in [1.807, 2.05) is 90.5 Å². The van der Waals surface area contributed by atoms with Crippen LogP contribution >= 0.6 is 0 Å². The van der Waals surface area contributed by atoms with Crippen LogP contribution in [0, 0.1) is 0 Å². The van der Waals surface area contributed by atoms with Crippen molar-refractivity contribution in [2.24, 2.45) is 12.8 Å². The van der Waals surface area contributed by atoms with E-state index in [0.717, 1.165) is 33.3 Å². The molecule has 2 aliphatic rings. The van der Waals surface area contributed by atoms with Crippen molar-refractivity contribution in [3.8, 4) is 44.5 Å². The van der Waals surface area contributed by atoms with Crippen LogP contribution in [-0.2, 0) is 42.5 Å². The Bertz CT molecular complexity index is 3370. The van der Waals surface area contributed by atoms with E-state index in [-0.39, 0.29) is 16.5 Å². The molecule has 0 spiro atoms. The first-order valence-corrected chi connectivity index (χ1v) is 20.6. The minimum atomic E-state index is -0.483. The zero-order chi connectivity index (χ0) is 46.2. The Labute approximate surface area is 394 Å². The smallest absolute Gasteiger partial charge is 0.337 e. The van der Waals surface area contributed by atoms with Gasteiger partial charge in [-0.2, -0.15) is 0 Å². The molecule has 0 saturated heterocycles. The van der Waals surface area contributed by atoms with Gasteiger partial charge in [-0.1, -0.05) is 60.7 Å². The molecular formula is C53H40N5NiO8-. The Morgan fingerprint density at radius 1 is 0.463 bits per heavy atom. The number of fused-ring (bicyclic) bond motifs is 8. The summed E-state index contributed by atoms with van der Waals surface area (Å²) in [5.41, 5.74) is 19.5. The predicted octanol–water partition coefficient (Wildman–Crippen LogP) is 9.39. The third kappa shape index (κ3) is 8.30. The number of rotatable bonds is 8.